The van der Waals surface area contributed by atoms with Gasteiger partial charge in [0.25, 0.3) is 5.56 Å². The first-order valence-electron chi connectivity index (χ1n) is 6.12. The third-order valence-corrected chi connectivity index (χ3v) is 2.92. The van der Waals surface area contributed by atoms with Crippen LogP contribution in [0.15, 0.2) is 34.2 Å². The molecule has 0 bridgehead atoms. The molecule has 0 radical (unpaired) electrons. The number of benzene rings is 1. The molecule has 104 valence electrons. The fourth-order valence-corrected chi connectivity index (χ4v) is 1.68. The summed E-state index contributed by atoms with van der Waals surface area (Å²) in [6, 6.07) is 7.37. The molecule has 0 atom stereocenters. The molecule has 2 aromatic rings. The van der Waals surface area contributed by atoms with Crippen molar-refractivity contribution >= 4 is 23.3 Å². The Balaban J connectivity index is 2.21. The molecule has 0 saturated heterocycles. The van der Waals surface area contributed by atoms with Gasteiger partial charge in [-0.05, 0) is 31.0 Å². The maximum absolute atomic E-state index is 11.4. The van der Waals surface area contributed by atoms with Crippen LogP contribution in [-0.2, 0) is 0 Å². The number of H-pyrrole nitrogens is 1. The summed E-state index contributed by atoms with van der Waals surface area (Å²) in [4.78, 5) is 13.9. The van der Waals surface area contributed by atoms with Gasteiger partial charge in [-0.2, -0.15) is 5.10 Å². The van der Waals surface area contributed by atoms with Gasteiger partial charge in [0, 0.05) is 5.02 Å². The van der Waals surface area contributed by atoms with Crippen LogP contribution in [0.25, 0.3) is 0 Å². The van der Waals surface area contributed by atoms with Gasteiger partial charge in [-0.1, -0.05) is 30.7 Å². The van der Waals surface area contributed by atoms with E-state index in [1.165, 1.54) is 0 Å². The fourth-order valence-electron chi connectivity index (χ4n) is 1.55. The number of halogens is 1. The molecule has 2 rings (SSSR count). The van der Waals surface area contributed by atoms with Gasteiger partial charge in [0.1, 0.15) is 5.69 Å². The molecule has 0 aliphatic carbocycles. The summed E-state index contributed by atoms with van der Waals surface area (Å²) in [5, 5.41) is 12.4. The van der Waals surface area contributed by atoms with Gasteiger partial charge in [-0.25, -0.2) is 5.43 Å². The lowest BCUT2D eigenvalue weighted by atomic mass is 10.1. The Labute approximate surface area is 120 Å². The summed E-state index contributed by atoms with van der Waals surface area (Å²) in [5.74, 6) is 0.209. The molecule has 0 aliphatic rings. The highest BCUT2D eigenvalue weighted by Gasteiger charge is 2.03. The van der Waals surface area contributed by atoms with Crippen molar-refractivity contribution in [2.45, 2.75) is 20.3 Å². The van der Waals surface area contributed by atoms with Gasteiger partial charge < -0.3 is 0 Å². The van der Waals surface area contributed by atoms with Crippen LogP contribution in [0.4, 0.5) is 5.95 Å². The van der Waals surface area contributed by atoms with Crippen LogP contribution in [0.2, 0.25) is 5.02 Å². The van der Waals surface area contributed by atoms with Crippen molar-refractivity contribution in [2.24, 2.45) is 5.10 Å². The van der Waals surface area contributed by atoms with E-state index in [4.69, 9.17) is 11.6 Å². The molecule has 1 aromatic heterocycles. The van der Waals surface area contributed by atoms with E-state index in [1.54, 1.807) is 19.1 Å². The number of aromatic amines is 1. The number of hydrogen-bond donors (Lipinski definition) is 2. The van der Waals surface area contributed by atoms with Crippen molar-refractivity contribution in [3.05, 3.63) is 50.9 Å². The molecule has 0 saturated carbocycles. The van der Waals surface area contributed by atoms with Crippen LogP contribution in [0, 0.1) is 6.92 Å². The molecule has 1 heterocycles. The minimum absolute atomic E-state index is 0.209. The minimum atomic E-state index is -0.290. The highest BCUT2D eigenvalue weighted by Crippen LogP contribution is 2.11. The van der Waals surface area contributed by atoms with Crippen molar-refractivity contribution < 1.29 is 0 Å². The molecular formula is C13H14ClN5O. The Kier molecular flexibility index (Phi) is 4.47. The summed E-state index contributed by atoms with van der Waals surface area (Å²) in [5.41, 5.74) is 4.50. The van der Waals surface area contributed by atoms with Crippen molar-refractivity contribution in [1.29, 1.82) is 0 Å². The Bertz CT molecular complexity index is 678. The van der Waals surface area contributed by atoms with Gasteiger partial charge >= 0.3 is 0 Å². The van der Waals surface area contributed by atoms with E-state index in [0.717, 1.165) is 17.7 Å². The molecule has 7 heteroatoms. The van der Waals surface area contributed by atoms with E-state index in [0.29, 0.717) is 10.7 Å². The predicted molar refractivity (Wildman–Crippen MR) is 79.3 cm³/mol. The largest absolute Gasteiger partial charge is 0.288 e. The lowest BCUT2D eigenvalue weighted by molar-refractivity contribution is 0.896. The first kappa shape index (κ1) is 14.2. The normalized spacial score (nSPS) is 11.4. The van der Waals surface area contributed by atoms with E-state index >= 15 is 0 Å². The molecule has 0 amide bonds. The lowest BCUT2D eigenvalue weighted by Gasteiger charge is -2.05. The van der Waals surface area contributed by atoms with Gasteiger partial charge in [0.2, 0.25) is 5.95 Å². The van der Waals surface area contributed by atoms with E-state index in [2.05, 4.69) is 25.7 Å². The van der Waals surface area contributed by atoms with Crippen LogP contribution in [0.5, 0.6) is 0 Å². The zero-order chi connectivity index (χ0) is 14.5. The second-order valence-electron chi connectivity index (χ2n) is 4.12. The molecule has 0 aliphatic heterocycles. The maximum Gasteiger partial charge on any atom is 0.274 e. The van der Waals surface area contributed by atoms with Crippen LogP contribution >= 0.6 is 11.6 Å². The number of rotatable bonds is 4. The zero-order valence-corrected chi connectivity index (χ0v) is 11.9. The van der Waals surface area contributed by atoms with Crippen molar-refractivity contribution in [2.75, 3.05) is 5.43 Å². The molecule has 0 unspecified atom stereocenters. The highest BCUT2D eigenvalue weighted by atomic mass is 35.5. The molecule has 20 heavy (non-hydrogen) atoms. The second-order valence-corrected chi connectivity index (χ2v) is 4.56. The average molecular weight is 292 g/mol. The van der Waals surface area contributed by atoms with E-state index < -0.39 is 0 Å². The monoisotopic (exact) mass is 291 g/mol. The lowest BCUT2D eigenvalue weighted by Crippen LogP contribution is -2.16. The first-order chi connectivity index (χ1) is 9.60. The Hall–Kier alpha value is -2.21. The summed E-state index contributed by atoms with van der Waals surface area (Å²) < 4.78 is 0. The molecule has 0 spiro atoms. The average Bonchev–Trinajstić information content (AvgIpc) is 2.45. The standard InChI is InChI=1S/C13H14ClN5O/c1-3-11(9-4-6-10(14)7-5-9)17-19-13-15-12(20)8(2)16-18-13/h4-7H,3H2,1-2H3,(H2,15,18,19,20)/b17-11-. The molecule has 6 nitrogen and oxygen atoms in total. The van der Waals surface area contributed by atoms with Crippen molar-refractivity contribution in [3.8, 4) is 0 Å². The maximum atomic E-state index is 11.4. The number of aromatic nitrogens is 3. The third kappa shape index (κ3) is 3.42. The van der Waals surface area contributed by atoms with Crippen LogP contribution < -0.4 is 11.0 Å². The topological polar surface area (TPSA) is 83.0 Å². The summed E-state index contributed by atoms with van der Waals surface area (Å²) >= 11 is 5.85. The summed E-state index contributed by atoms with van der Waals surface area (Å²) in [6.45, 7) is 3.57. The fraction of sp³-hybridized carbons (Fsp3) is 0.231. The smallest absolute Gasteiger partial charge is 0.274 e. The van der Waals surface area contributed by atoms with E-state index in [1.807, 2.05) is 19.1 Å². The van der Waals surface area contributed by atoms with Crippen LogP contribution in [-0.4, -0.2) is 20.9 Å². The number of anilines is 1. The Morgan fingerprint density at radius 3 is 2.65 bits per heavy atom. The number of hydrogen-bond acceptors (Lipinski definition) is 5. The molecule has 2 N–H and O–H groups in total. The quantitative estimate of drug-likeness (QED) is 0.669. The van der Waals surface area contributed by atoms with Crippen LogP contribution in [0.3, 0.4) is 0 Å². The Morgan fingerprint density at radius 1 is 1.35 bits per heavy atom. The van der Waals surface area contributed by atoms with Crippen molar-refractivity contribution in [3.63, 3.8) is 0 Å². The number of aryl methyl sites for hydroxylation is 1. The SMILES string of the molecule is CC/C(=N/Nc1nnc(C)c(=O)[nH]1)c1ccc(Cl)cc1. The minimum Gasteiger partial charge on any atom is -0.288 e. The highest BCUT2D eigenvalue weighted by molar-refractivity contribution is 6.30. The van der Waals surface area contributed by atoms with Gasteiger partial charge in [0.05, 0.1) is 5.71 Å². The first-order valence-corrected chi connectivity index (χ1v) is 6.50. The Morgan fingerprint density at radius 2 is 2.05 bits per heavy atom. The third-order valence-electron chi connectivity index (χ3n) is 2.67. The predicted octanol–water partition coefficient (Wildman–Crippen LogP) is 2.35. The van der Waals surface area contributed by atoms with Crippen LogP contribution in [0.1, 0.15) is 24.6 Å². The number of hydrazone groups is 1. The molecule has 1 aromatic carbocycles. The number of nitrogens with one attached hydrogen (secondary N) is 2. The second kappa shape index (κ2) is 6.29. The summed E-state index contributed by atoms with van der Waals surface area (Å²) in [6.07, 6.45) is 0.720. The van der Waals surface area contributed by atoms with Gasteiger partial charge in [0.15, 0.2) is 0 Å². The summed E-state index contributed by atoms with van der Waals surface area (Å²) in [7, 11) is 0. The van der Waals surface area contributed by atoms with Gasteiger partial charge in [-0.3, -0.25) is 9.78 Å². The van der Waals surface area contributed by atoms with E-state index in [9.17, 15) is 4.79 Å². The number of nitrogens with zero attached hydrogens (tertiary/aromatic N) is 3. The molecular weight excluding hydrogens is 278 g/mol. The zero-order valence-electron chi connectivity index (χ0n) is 11.1. The van der Waals surface area contributed by atoms with E-state index in [-0.39, 0.29) is 11.5 Å². The van der Waals surface area contributed by atoms with Crippen molar-refractivity contribution in [1.82, 2.24) is 15.2 Å². The molecule has 0 fully saturated rings. The van der Waals surface area contributed by atoms with Gasteiger partial charge in [-0.15, -0.1) is 10.2 Å².